The highest BCUT2D eigenvalue weighted by atomic mass is 35.5. The number of aliphatic imine (C=N–C) groups is 1. The first-order chi connectivity index (χ1) is 13.8. The van der Waals surface area contributed by atoms with Crippen LogP contribution in [0.25, 0.3) is 0 Å². The zero-order valence-electron chi connectivity index (χ0n) is 15.0. The molecule has 0 amide bonds. The van der Waals surface area contributed by atoms with Crippen LogP contribution in [-0.4, -0.2) is 31.0 Å². The van der Waals surface area contributed by atoms with Crippen LogP contribution < -0.4 is 20.1 Å². The average molecular weight is 415 g/mol. The molecule has 2 N–H and O–H groups in total. The van der Waals surface area contributed by atoms with Gasteiger partial charge in [0, 0.05) is 23.8 Å². The first-order valence-electron chi connectivity index (χ1n) is 8.79. The number of ether oxygens (including phenoxy) is 2. The SMILES string of the molecule is NCCOc1cccc2c1C=NCN2c1ccc(OCc2cscn2)c(Cl)c1. The van der Waals surface area contributed by atoms with E-state index in [0.717, 1.165) is 28.4 Å². The van der Waals surface area contributed by atoms with Crippen LogP contribution in [0.5, 0.6) is 11.5 Å². The Kier molecular flexibility index (Phi) is 5.76. The van der Waals surface area contributed by atoms with Gasteiger partial charge < -0.3 is 20.1 Å². The topological polar surface area (TPSA) is 73.0 Å². The summed E-state index contributed by atoms with van der Waals surface area (Å²) in [7, 11) is 0. The van der Waals surface area contributed by atoms with Crippen LogP contribution in [0, 0.1) is 0 Å². The van der Waals surface area contributed by atoms with Crippen molar-refractivity contribution in [3.63, 3.8) is 0 Å². The molecule has 0 aliphatic carbocycles. The summed E-state index contributed by atoms with van der Waals surface area (Å²) in [6.07, 6.45) is 1.84. The predicted octanol–water partition coefficient (Wildman–Crippen LogP) is 4.24. The molecule has 0 atom stereocenters. The van der Waals surface area contributed by atoms with E-state index in [2.05, 4.69) is 14.9 Å². The first kappa shape index (κ1) is 18.7. The lowest BCUT2D eigenvalue weighted by Gasteiger charge is -2.29. The maximum Gasteiger partial charge on any atom is 0.138 e. The zero-order valence-corrected chi connectivity index (χ0v) is 16.6. The second-order valence-corrected chi connectivity index (χ2v) is 7.22. The second-order valence-electron chi connectivity index (χ2n) is 6.09. The Morgan fingerprint density at radius 1 is 1.18 bits per heavy atom. The molecule has 2 aromatic carbocycles. The Bertz CT molecular complexity index is 978. The Morgan fingerprint density at radius 3 is 2.89 bits per heavy atom. The van der Waals surface area contributed by atoms with Gasteiger partial charge in [0.1, 0.15) is 31.4 Å². The molecule has 28 heavy (non-hydrogen) atoms. The average Bonchev–Trinajstić information content (AvgIpc) is 3.24. The van der Waals surface area contributed by atoms with Gasteiger partial charge in [-0.1, -0.05) is 17.7 Å². The van der Waals surface area contributed by atoms with Gasteiger partial charge in [-0.25, -0.2) is 4.98 Å². The molecule has 2 heterocycles. The number of thiazole rings is 1. The highest BCUT2D eigenvalue weighted by Gasteiger charge is 2.20. The Hall–Kier alpha value is -2.61. The van der Waals surface area contributed by atoms with Crippen LogP contribution in [0.2, 0.25) is 5.02 Å². The smallest absolute Gasteiger partial charge is 0.138 e. The van der Waals surface area contributed by atoms with E-state index < -0.39 is 0 Å². The third kappa shape index (κ3) is 3.96. The summed E-state index contributed by atoms with van der Waals surface area (Å²) in [4.78, 5) is 10.8. The van der Waals surface area contributed by atoms with Crippen molar-refractivity contribution in [2.24, 2.45) is 10.7 Å². The van der Waals surface area contributed by atoms with E-state index in [1.54, 1.807) is 5.51 Å². The largest absolute Gasteiger partial charge is 0.492 e. The van der Waals surface area contributed by atoms with Crippen LogP contribution in [0.15, 0.2) is 52.3 Å². The maximum absolute atomic E-state index is 6.47. The fourth-order valence-corrected chi connectivity index (χ4v) is 3.71. The lowest BCUT2D eigenvalue weighted by molar-refractivity contribution is 0.302. The molecule has 1 aliphatic heterocycles. The van der Waals surface area contributed by atoms with Crippen LogP contribution in [0.3, 0.4) is 0 Å². The number of fused-ring (bicyclic) bond motifs is 1. The van der Waals surface area contributed by atoms with Gasteiger partial charge >= 0.3 is 0 Å². The summed E-state index contributed by atoms with van der Waals surface area (Å²) in [5, 5.41) is 2.49. The fraction of sp³-hybridized carbons (Fsp3) is 0.200. The van der Waals surface area contributed by atoms with Crippen molar-refractivity contribution in [3.05, 3.63) is 63.6 Å². The third-order valence-electron chi connectivity index (χ3n) is 4.24. The van der Waals surface area contributed by atoms with Crippen molar-refractivity contribution < 1.29 is 9.47 Å². The van der Waals surface area contributed by atoms with E-state index in [0.29, 0.717) is 37.2 Å². The van der Waals surface area contributed by atoms with E-state index in [1.807, 2.05) is 48.0 Å². The molecule has 0 spiro atoms. The standard InChI is InChI=1S/C20H19ClN4O2S/c21-17-8-15(4-5-20(17)27-10-14-11-28-13-24-14)25-12-23-9-16-18(25)2-1-3-19(16)26-7-6-22/h1-5,8-9,11,13H,6-7,10,12,22H2. The van der Waals surface area contributed by atoms with E-state index >= 15 is 0 Å². The third-order valence-corrected chi connectivity index (χ3v) is 5.17. The maximum atomic E-state index is 6.47. The van der Waals surface area contributed by atoms with E-state index in [4.69, 9.17) is 26.8 Å². The summed E-state index contributed by atoms with van der Waals surface area (Å²) in [6.45, 7) is 1.81. The number of rotatable bonds is 7. The second kappa shape index (κ2) is 8.60. The minimum Gasteiger partial charge on any atom is -0.492 e. The Morgan fingerprint density at radius 2 is 2.11 bits per heavy atom. The molecule has 0 radical (unpaired) electrons. The number of nitrogens with zero attached hydrogens (tertiary/aromatic N) is 3. The molecular weight excluding hydrogens is 396 g/mol. The Labute approximate surface area is 172 Å². The van der Waals surface area contributed by atoms with E-state index in [1.165, 1.54) is 11.3 Å². The number of halogens is 1. The number of hydrogen-bond donors (Lipinski definition) is 1. The molecule has 8 heteroatoms. The predicted molar refractivity (Wildman–Crippen MR) is 113 cm³/mol. The normalized spacial score (nSPS) is 12.7. The number of nitrogens with two attached hydrogens (primary N) is 1. The summed E-state index contributed by atoms with van der Waals surface area (Å²) in [5.41, 5.74) is 11.1. The van der Waals surface area contributed by atoms with Gasteiger partial charge in [-0.15, -0.1) is 11.3 Å². The van der Waals surface area contributed by atoms with Crippen molar-refractivity contribution in [3.8, 4) is 11.5 Å². The number of hydrogen-bond acceptors (Lipinski definition) is 7. The zero-order chi connectivity index (χ0) is 19.3. The highest BCUT2D eigenvalue weighted by Crippen LogP contribution is 2.38. The van der Waals surface area contributed by atoms with Gasteiger partial charge in [-0.2, -0.15) is 0 Å². The Balaban J connectivity index is 1.57. The van der Waals surface area contributed by atoms with Crippen LogP contribution in [0.4, 0.5) is 11.4 Å². The van der Waals surface area contributed by atoms with Crippen molar-refractivity contribution >= 4 is 40.5 Å². The van der Waals surface area contributed by atoms with Gasteiger partial charge in [0.05, 0.1) is 27.5 Å². The van der Waals surface area contributed by atoms with Gasteiger partial charge in [-0.3, -0.25) is 4.99 Å². The molecule has 144 valence electrons. The lowest BCUT2D eigenvalue weighted by Crippen LogP contribution is -2.22. The van der Waals surface area contributed by atoms with Crippen molar-refractivity contribution in [1.82, 2.24) is 4.98 Å². The number of anilines is 2. The molecule has 4 rings (SSSR count). The molecule has 0 saturated carbocycles. The molecule has 0 bridgehead atoms. The molecule has 0 fully saturated rings. The van der Waals surface area contributed by atoms with Crippen LogP contribution in [0.1, 0.15) is 11.3 Å². The monoisotopic (exact) mass is 414 g/mol. The van der Waals surface area contributed by atoms with Crippen molar-refractivity contribution in [2.45, 2.75) is 6.61 Å². The van der Waals surface area contributed by atoms with Crippen LogP contribution in [-0.2, 0) is 6.61 Å². The summed E-state index contributed by atoms with van der Waals surface area (Å²) >= 11 is 8.01. The number of aromatic nitrogens is 1. The summed E-state index contributed by atoms with van der Waals surface area (Å²) < 4.78 is 11.5. The van der Waals surface area contributed by atoms with E-state index in [-0.39, 0.29) is 0 Å². The summed E-state index contributed by atoms with van der Waals surface area (Å²) in [5.74, 6) is 1.39. The van der Waals surface area contributed by atoms with Crippen molar-refractivity contribution in [2.75, 3.05) is 24.7 Å². The van der Waals surface area contributed by atoms with Gasteiger partial charge in [-0.05, 0) is 30.3 Å². The highest BCUT2D eigenvalue weighted by molar-refractivity contribution is 7.07. The molecule has 6 nitrogen and oxygen atoms in total. The van der Waals surface area contributed by atoms with Gasteiger partial charge in [0.2, 0.25) is 0 Å². The lowest BCUT2D eigenvalue weighted by atomic mass is 10.1. The molecular formula is C20H19ClN4O2S. The number of benzene rings is 2. The van der Waals surface area contributed by atoms with Gasteiger partial charge in [0.25, 0.3) is 0 Å². The van der Waals surface area contributed by atoms with E-state index in [9.17, 15) is 0 Å². The summed E-state index contributed by atoms with van der Waals surface area (Å²) in [6, 6.07) is 11.7. The minimum atomic E-state index is 0.390. The van der Waals surface area contributed by atoms with Crippen molar-refractivity contribution in [1.29, 1.82) is 0 Å². The molecule has 1 aromatic heterocycles. The first-order valence-corrected chi connectivity index (χ1v) is 10.1. The molecule has 3 aromatic rings. The minimum absolute atomic E-state index is 0.390. The molecule has 0 saturated heterocycles. The van der Waals surface area contributed by atoms with Crippen LogP contribution >= 0.6 is 22.9 Å². The molecule has 0 unspecified atom stereocenters. The fourth-order valence-electron chi connectivity index (χ4n) is 2.94. The van der Waals surface area contributed by atoms with Gasteiger partial charge in [0.15, 0.2) is 0 Å². The quantitative estimate of drug-likeness (QED) is 0.626. The molecule has 1 aliphatic rings.